The molecule has 1 rings (SSSR count). The van der Waals surface area contributed by atoms with Gasteiger partial charge in [-0.15, -0.1) is 0 Å². The minimum atomic E-state index is 0.310. The van der Waals surface area contributed by atoms with E-state index in [0.717, 1.165) is 12.8 Å². The first kappa shape index (κ1) is 10.3. The van der Waals surface area contributed by atoms with Crippen LogP contribution in [0.15, 0.2) is 12.3 Å². The lowest BCUT2D eigenvalue weighted by molar-refractivity contribution is -0.119. The molecule has 2 nitrogen and oxygen atoms in total. The molecular formula is C11H19NO. The van der Waals surface area contributed by atoms with Crippen LogP contribution in [0.25, 0.3) is 0 Å². The van der Waals surface area contributed by atoms with Gasteiger partial charge in [0.05, 0.1) is 0 Å². The zero-order valence-corrected chi connectivity index (χ0v) is 8.62. The minimum absolute atomic E-state index is 0.310. The van der Waals surface area contributed by atoms with Crippen LogP contribution in [0.3, 0.4) is 0 Å². The molecule has 0 saturated heterocycles. The molecule has 1 saturated carbocycles. The van der Waals surface area contributed by atoms with E-state index < -0.39 is 0 Å². The number of rotatable bonds is 3. The summed E-state index contributed by atoms with van der Waals surface area (Å²) in [7, 11) is 3.87. The summed E-state index contributed by atoms with van der Waals surface area (Å²) in [5.41, 5.74) is 0. The number of allylic oxidation sites excluding steroid dienone is 1. The maximum absolute atomic E-state index is 11.6. The molecule has 0 atom stereocenters. The van der Waals surface area contributed by atoms with Crippen molar-refractivity contribution in [1.29, 1.82) is 0 Å². The van der Waals surface area contributed by atoms with Crippen LogP contribution in [0, 0.1) is 5.92 Å². The van der Waals surface area contributed by atoms with E-state index in [4.69, 9.17) is 0 Å². The molecule has 0 aromatic carbocycles. The Morgan fingerprint density at radius 3 is 2.38 bits per heavy atom. The van der Waals surface area contributed by atoms with E-state index in [1.165, 1.54) is 19.3 Å². The van der Waals surface area contributed by atoms with Crippen LogP contribution in [-0.4, -0.2) is 24.8 Å². The van der Waals surface area contributed by atoms with Gasteiger partial charge in [0.25, 0.3) is 0 Å². The summed E-state index contributed by atoms with van der Waals surface area (Å²) in [6.45, 7) is 0. The highest BCUT2D eigenvalue weighted by Crippen LogP contribution is 2.24. The van der Waals surface area contributed by atoms with Gasteiger partial charge < -0.3 is 4.90 Å². The Kier molecular flexibility index (Phi) is 4.00. The summed E-state index contributed by atoms with van der Waals surface area (Å²) in [4.78, 5) is 13.5. The Morgan fingerprint density at radius 2 is 1.85 bits per heavy atom. The standard InChI is InChI=1S/C11H19NO/c1-12(2)9-8-11(13)10-6-4-3-5-7-10/h8-10H,3-7H2,1-2H3/b9-8-. The van der Waals surface area contributed by atoms with E-state index in [9.17, 15) is 4.79 Å². The van der Waals surface area contributed by atoms with Crippen molar-refractivity contribution in [2.75, 3.05) is 14.1 Å². The second kappa shape index (κ2) is 5.05. The van der Waals surface area contributed by atoms with Gasteiger partial charge >= 0.3 is 0 Å². The third-order valence-electron chi connectivity index (χ3n) is 2.54. The van der Waals surface area contributed by atoms with E-state index in [-0.39, 0.29) is 0 Å². The van der Waals surface area contributed by atoms with Crippen molar-refractivity contribution < 1.29 is 4.79 Å². The largest absolute Gasteiger partial charge is 0.383 e. The molecular weight excluding hydrogens is 162 g/mol. The normalized spacial score (nSPS) is 19.2. The molecule has 0 aliphatic heterocycles. The molecule has 0 aromatic heterocycles. The van der Waals surface area contributed by atoms with E-state index in [2.05, 4.69) is 0 Å². The number of hydrogen-bond donors (Lipinski definition) is 0. The van der Waals surface area contributed by atoms with Crippen LogP contribution in [0.1, 0.15) is 32.1 Å². The summed E-state index contributed by atoms with van der Waals surface area (Å²) in [5, 5.41) is 0. The summed E-state index contributed by atoms with van der Waals surface area (Å²) >= 11 is 0. The predicted octanol–water partition coefficient (Wildman–Crippen LogP) is 2.21. The van der Waals surface area contributed by atoms with Crippen molar-refractivity contribution in [3.63, 3.8) is 0 Å². The van der Waals surface area contributed by atoms with Gasteiger partial charge in [-0.1, -0.05) is 19.3 Å². The first-order valence-electron chi connectivity index (χ1n) is 5.08. The highest BCUT2D eigenvalue weighted by molar-refractivity contribution is 5.91. The average molecular weight is 181 g/mol. The van der Waals surface area contributed by atoms with Crippen molar-refractivity contribution in [1.82, 2.24) is 4.90 Å². The zero-order chi connectivity index (χ0) is 9.68. The molecule has 0 spiro atoms. The highest BCUT2D eigenvalue weighted by atomic mass is 16.1. The maximum Gasteiger partial charge on any atom is 0.160 e. The van der Waals surface area contributed by atoms with Crippen LogP contribution in [-0.2, 0) is 4.79 Å². The Bertz CT molecular complexity index is 190. The summed E-state index contributed by atoms with van der Waals surface area (Å²) < 4.78 is 0. The number of carbonyl (C=O) groups is 1. The molecule has 0 bridgehead atoms. The van der Waals surface area contributed by atoms with Crippen molar-refractivity contribution in [2.45, 2.75) is 32.1 Å². The number of ketones is 1. The Morgan fingerprint density at radius 1 is 1.23 bits per heavy atom. The number of nitrogens with zero attached hydrogens (tertiary/aromatic N) is 1. The zero-order valence-electron chi connectivity index (χ0n) is 8.62. The molecule has 0 unspecified atom stereocenters. The van der Waals surface area contributed by atoms with Gasteiger partial charge in [-0.05, 0) is 18.9 Å². The summed E-state index contributed by atoms with van der Waals surface area (Å²) in [5.74, 6) is 0.623. The third-order valence-corrected chi connectivity index (χ3v) is 2.54. The molecule has 0 N–H and O–H groups in total. The molecule has 74 valence electrons. The molecule has 1 fully saturated rings. The van der Waals surface area contributed by atoms with Crippen LogP contribution in [0.4, 0.5) is 0 Å². The molecule has 0 heterocycles. The fourth-order valence-corrected chi connectivity index (χ4v) is 1.75. The predicted molar refractivity (Wildman–Crippen MR) is 54.4 cm³/mol. The van der Waals surface area contributed by atoms with E-state index in [1.54, 1.807) is 6.08 Å². The molecule has 0 amide bonds. The van der Waals surface area contributed by atoms with E-state index in [1.807, 2.05) is 25.2 Å². The van der Waals surface area contributed by atoms with Gasteiger partial charge in [-0.3, -0.25) is 4.79 Å². The Labute approximate surface area is 80.6 Å². The van der Waals surface area contributed by atoms with Crippen molar-refractivity contribution in [2.24, 2.45) is 5.92 Å². The third kappa shape index (κ3) is 3.62. The summed E-state index contributed by atoms with van der Waals surface area (Å²) in [6, 6.07) is 0. The van der Waals surface area contributed by atoms with Crippen LogP contribution in [0.2, 0.25) is 0 Å². The van der Waals surface area contributed by atoms with Gasteiger partial charge in [0.15, 0.2) is 5.78 Å². The molecule has 0 radical (unpaired) electrons. The van der Waals surface area contributed by atoms with Crippen molar-refractivity contribution in [3.8, 4) is 0 Å². The van der Waals surface area contributed by atoms with Crippen LogP contribution < -0.4 is 0 Å². The fourth-order valence-electron chi connectivity index (χ4n) is 1.75. The quantitative estimate of drug-likeness (QED) is 0.622. The first-order valence-corrected chi connectivity index (χ1v) is 5.08. The van der Waals surface area contributed by atoms with Gasteiger partial charge in [-0.2, -0.15) is 0 Å². The molecule has 13 heavy (non-hydrogen) atoms. The lowest BCUT2D eigenvalue weighted by Gasteiger charge is -2.18. The van der Waals surface area contributed by atoms with E-state index in [0.29, 0.717) is 11.7 Å². The SMILES string of the molecule is CN(C)/C=C\C(=O)C1CCCCC1. The van der Waals surface area contributed by atoms with Gasteiger partial charge in [-0.25, -0.2) is 0 Å². The Hall–Kier alpha value is -0.790. The summed E-state index contributed by atoms with van der Waals surface area (Å²) in [6.07, 6.45) is 9.51. The first-order chi connectivity index (χ1) is 6.20. The maximum atomic E-state index is 11.6. The van der Waals surface area contributed by atoms with Crippen molar-refractivity contribution >= 4 is 5.78 Å². The lowest BCUT2D eigenvalue weighted by atomic mass is 9.86. The van der Waals surface area contributed by atoms with Crippen LogP contribution >= 0.6 is 0 Å². The van der Waals surface area contributed by atoms with Gasteiger partial charge in [0.1, 0.15) is 0 Å². The fraction of sp³-hybridized carbons (Fsp3) is 0.727. The molecule has 1 aliphatic rings. The average Bonchev–Trinajstić information content (AvgIpc) is 2.15. The monoisotopic (exact) mass is 181 g/mol. The topological polar surface area (TPSA) is 20.3 Å². The smallest absolute Gasteiger partial charge is 0.160 e. The molecule has 2 heteroatoms. The highest BCUT2D eigenvalue weighted by Gasteiger charge is 2.18. The van der Waals surface area contributed by atoms with Gasteiger partial charge in [0.2, 0.25) is 0 Å². The number of carbonyl (C=O) groups excluding carboxylic acids is 1. The number of hydrogen-bond acceptors (Lipinski definition) is 2. The second-order valence-corrected chi connectivity index (χ2v) is 4.02. The van der Waals surface area contributed by atoms with E-state index >= 15 is 0 Å². The Balaban J connectivity index is 2.37. The van der Waals surface area contributed by atoms with Gasteiger partial charge in [0, 0.05) is 26.2 Å². The molecule has 0 aromatic rings. The molecule has 1 aliphatic carbocycles. The van der Waals surface area contributed by atoms with Crippen molar-refractivity contribution in [3.05, 3.63) is 12.3 Å². The lowest BCUT2D eigenvalue weighted by Crippen LogP contribution is -2.16. The van der Waals surface area contributed by atoms with Crippen LogP contribution in [0.5, 0.6) is 0 Å². The minimum Gasteiger partial charge on any atom is -0.383 e. The second-order valence-electron chi connectivity index (χ2n) is 4.02.